The number of benzene rings is 1. The van der Waals surface area contributed by atoms with Gasteiger partial charge >= 0.3 is 0 Å². The average Bonchev–Trinajstić information content (AvgIpc) is 2.62. The number of nitrogens with zero attached hydrogens (tertiary/aromatic N) is 5. The van der Waals surface area contributed by atoms with E-state index in [0.717, 1.165) is 25.1 Å². The largest absolute Gasteiger partial charge is 0.338 e. The normalized spacial score (nSPS) is 17.6. The number of aromatic nitrogens is 3. The van der Waals surface area contributed by atoms with Crippen LogP contribution in [-0.4, -0.2) is 27.8 Å². The van der Waals surface area contributed by atoms with Crippen molar-refractivity contribution in [3.8, 4) is 6.07 Å². The minimum absolute atomic E-state index is 0.479. The molecular weight excluding hydrogens is 288 g/mol. The first-order valence-electron chi connectivity index (χ1n) is 8.04. The van der Waals surface area contributed by atoms with Gasteiger partial charge in [0.05, 0.1) is 17.4 Å². The van der Waals surface area contributed by atoms with Crippen LogP contribution in [0.25, 0.3) is 0 Å². The minimum Gasteiger partial charge on any atom is -0.338 e. The van der Waals surface area contributed by atoms with Crippen LogP contribution in [0.1, 0.15) is 38.2 Å². The Balaban J connectivity index is 1.84. The molecule has 0 bridgehead atoms. The molecule has 1 unspecified atom stereocenters. The summed E-state index contributed by atoms with van der Waals surface area (Å²) in [5, 5.41) is 20.6. The van der Waals surface area contributed by atoms with Gasteiger partial charge in [0.15, 0.2) is 5.82 Å². The molecule has 23 heavy (non-hydrogen) atoms. The van der Waals surface area contributed by atoms with E-state index in [2.05, 4.69) is 38.4 Å². The molecule has 3 rings (SSSR count). The van der Waals surface area contributed by atoms with Crippen molar-refractivity contribution in [2.24, 2.45) is 0 Å². The molecule has 0 amide bonds. The van der Waals surface area contributed by atoms with Crippen molar-refractivity contribution in [2.45, 2.75) is 38.6 Å². The predicted molar refractivity (Wildman–Crippen MR) is 89.5 cm³/mol. The molecule has 6 nitrogen and oxygen atoms in total. The molecule has 1 aromatic carbocycles. The molecule has 0 spiro atoms. The average molecular weight is 308 g/mol. The lowest BCUT2D eigenvalue weighted by molar-refractivity contribution is 0.442. The summed E-state index contributed by atoms with van der Waals surface area (Å²) >= 11 is 0. The lowest BCUT2D eigenvalue weighted by Crippen LogP contribution is -2.40. The van der Waals surface area contributed by atoms with E-state index >= 15 is 0 Å². The number of hydrogen-bond donors (Lipinski definition) is 1. The maximum absolute atomic E-state index is 9.17. The molecule has 1 aliphatic heterocycles. The molecule has 1 atom stereocenters. The SMILES string of the molecule is CCC1CCCCN1c1nncc(Nc2ccccc2C#N)n1. The molecule has 0 aliphatic carbocycles. The summed E-state index contributed by atoms with van der Waals surface area (Å²) in [6.45, 7) is 3.17. The quantitative estimate of drug-likeness (QED) is 0.934. The Kier molecular flexibility index (Phi) is 4.67. The molecule has 6 heteroatoms. The number of hydrogen-bond acceptors (Lipinski definition) is 6. The van der Waals surface area contributed by atoms with E-state index < -0.39 is 0 Å². The van der Waals surface area contributed by atoms with Gasteiger partial charge in [0.25, 0.3) is 0 Å². The van der Waals surface area contributed by atoms with Crippen molar-refractivity contribution < 1.29 is 0 Å². The van der Waals surface area contributed by atoms with Gasteiger partial charge < -0.3 is 10.2 Å². The molecule has 0 saturated carbocycles. The third-order valence-electron chi connectivity index (χ3n) is 4.21. The first-order chi connectivity index (χ1) is 11.3. The highest BCUT2D eigenvalue weighted by Gasteiger charge is 2.23. The summed E-state index contributed by atoms with van der Waals surface area (Å²) in [5.41, 5.74) is 1.31. The van der Waals surface area contributed by atoms with E-state index in [1.165, 1.54) is 12.8 Å². The number of piperidine rings is 1. The fourth-order valence-corrected chi connectivity index (χ4v) is 2.99. The van der Waals surface area contributed by atoms with Crippen molar-refractivity contribution in [3.05, 3.63) is 36.0 Å². The van der Waals surface area contributed by atoms with Gasteiger partial charge in [0.2, 0.25) is 5.95 Å². The number of nitriles is 1. The van der Waals surface area contributed by atoms with Gasteiger partial charge in [-0.25, -0.2) is 0 Å². The third-order valence-corrected chi connectivity index (χ3v) is 4.21. The van der Waals surface area contributed by atoms with Crippen molar-refractivity contribution in [3.63, 3.8) is 0 Å². The molecular formula is C17H20N6. The maximum atomic E-state index is 9.17. The molecule has 1 fully saturated rings. The van der Waals surface area contributed by atoms with Crippen LogP contribution in [0.15, 0.2) is 30.5 Å². The Bertz CT molecular complexity index is 708. The summed E-state index contributed by atoms with van der Waals surface area (Å²) in [6, 6.07) is 10.0. The lowest BCUT2D eigenvalue weighted by atomic mass is 10.0. The van der Waals surface area contributed by atoms with E-state index in [1.54, 1.807) is 12.3 Å². The Morgan fingerprint density at radius 3 is 3.04 bits per heavy atom. The van der Waals surface area contributed by atoms with Crippen molar-refractivity contribution in [1.29, 1.82) is 5.26 Å². The Labute approximate surface area is 136 Å². The zero-order valence-corrected chi connectivity index (χ0v) is 13.2. The van der Waals surface area contributed by atoms with Crippen LogP contribution >= 0.6 is 0 Å². The number of rotatable bonds is 4. The number of anilines is 3. The summed E-state index contributed by atoms with van der Waals surface area (Å²) in [4.78, 5) is 6.84. The highest BCUT2D eigenvalue weighted by molar-refractivity contribution is 5.64. The second-order valence-electron chi connectivity index (χ2n) is 5.68. The smallest absolute Gasteiger partial charge is 0.247 e. The van der Waals surface area contributed by atoms with E-state index in [4.69, 9.17) is 0 Å². The van der Waals surface area contributed by atoms with Gasteiger partial charge in [-0.1, -0.05) is 19.1 Å². The molecule has 2 heterocycles. The topological polar surface area (TPSA) is 77.7 Å². The Hall–Kier alpha value is -2.68. The molecule has 1 saturated heterocycles. The Morgan fingerprint density at radius 1 is 1.35 bits per heavy atom. The van der Waals surface area contributed by atoms with Gasteiger partial charge in [-0.3, -0.25) is 0 Å². The predicted octanol–water partition coefficient (Wildman–Crippen LogP) is 3.26. The van der Waals surface area contributed by atoms with Gasteiger partial charge in [-0.2, -0.15) is 15.3 Å². The van der Waals surface area contributed by atoms with Gasteiger partial charge in [-0.05, 0) is 37.8 Å². The summed E-state index contributed by atoms with van der Waals surface area (Å²) < 4.78 is 0. The van der Waals surface area contributed by atoms with Gasteiger partial charge in [-0.15, -0.1) is 5.10 Å². The zero-order chi connectivity index (χ0) is 16.1. The summed E-state index contributed by atoms with van der Waals surface area (Å²) in [7, 11) is 0. The van der Waals surface area contributed by atoms with Crippen LogP contribution in [0, 0.1) is 11.3 Å². The number of nitrogens with one attached hydrogen (secondary N) is 1. The van der Waals surface area contributed by atoms with E-state index in [0.29, 0.717) is 23.4 Å². The molecule has 2 aromatic rings. The highest BCUT2D eigenvalue weighted by atomic mass is 15.3. The van der Waals surface area contributed by atoms with Gasteiger partial charge in [0.1, 0.15) is 6.07 Å². The zero-order valence-electron chi connectivity index (χ0n) is 13.2. The van der Waals surface area contributed by atoms with Gasteiger partial charge in [0, 0.05) is 12.6 Å². The Morgan fingerprint density at radius 2 is 2.22 bits per heavy atom. The van der Waals surface area contributed by atoms with E-state index in [9.17, 15) is 5.26 Å². The minimum atomic E-state index is 0.479. The summed E-state index contributed by atoms with van der Waals surface area (Å²) in [6.07, 6.45) is 6.26. The van der Waals surface area contributed by atoms with Crippen LogP contribution in [-0.2, 0) is 0 Å². The second-order valence-corrected chi connectivity index (χ2v) is 5.68. The molecule has 1 aliphatic rings. The second kappa shape index (κ2) is 7.05. The molecule has 0 radical (unpaired) electrons. The van der Waals surface area contributed by atoms with Crippen LogP contribution < -0.4 is 10.2 Å². The van der Waals surface area contributed by atoms with Crippen molar-refractivity contribution >= 4 is 17.5 Å². The fraction of sp³-hybridized carbons (Fsp3) is 0.412. The van der Waals surface area contributed by atoms with E-state index in [1.807, 2.05) is 18.2 Å². The molecule has 118 valence electrons. The molecule has 1 aromatic heterocycles. The maximum Gasteiger partial charge on any atom is 0.247 e. The van der Waals surface area contributed by atoms with Crippen molar-refractivity contribution in [1.82, 2.24) is 15.2 Å². The first-order valence-corrected chi connectivity index (χ1v) is 8.04. The highest BCUT2D eigenvalue weighted by Crippen LogP contribution is 2.25. The van der Waals surface area contributed by atoms with Crippen LogP contribution in [0.5, 0.6) is 0 Å². The van der Waals surface area contributed by atoms with Crippen molar-refractivity contribution in [2.75, 3.05) is 16.8 Å². The monoisotopic (exact) mass is 308 g/mol. The van der Waals surface area contributed by atoms with Crippen LogP contribution in [0.4, 0.5) is 17.5 Å². The third kappa shape index (κ3) is 3.39. The van der Waals surface area contributed by atoms with Crippen LogP contribution in [0.3, 0.4) is 0 Å². The molecule has 1 N–H and O–H groups in total. The standard InChI is InChI=1S/C17H20N6/c1-2-14-8-5-6-10-23(14)17-21-16(12-19-22-17)20-15-9-4-3-7-13(15)11-18/h3-4,7,9,12,14H,2,5-6,8,10H2,1H3,(H,20,21,22). The lowest BCUT2D eigenvalue weighted by Gasteiger charge is -2.34. The number of para-hydroxylation sites is 1. The van der Waals surface area contributed by atoms with Crippen LogP contribution in [0.2, 0.25) is 0 Å². The van der Waals surface area contributed by atoms with E-state index in [-0.39, 0.29) is 0 Å². The fourth-order valence-electron chi connectivity index (χ4n) is 2.99. The first kappa shape index (κ1) is 15.2. The summed E-state index contributed by atoms with van der Waals surface area (Å²) in [5.74, 6) is 1.27.